The van der Waals surface area contributed by atoms with E-state index in [0.717, 1.165) is 0 Å². The van der Waals surface area contributed by atoms with Crippen LogP contribution in [0.1, 0.15) is 16.5 Å². The molecule has 1 N–H and O–H groups in total. The van der Waals surface area contributed by atoms with Gasteiger partial charge in [0.1, 0.15) is 11.4 Å². The highest BCUT2D eigenvalue weighted by atomic mass is 35.5. The Hall–Kier alpha value is -2.02. The molecule has 0 radical (unpaired) electrons. The Kier molecular flexibility index (Phi) is 4.62. The normalized spacial score (nSPS) is 11.4. The molecule has 3 nitrogen and oxygen atoms in total. The van der Waals surface area contributed by atoms with E-state index in [0.29, 0.717) is 21.8 Å². The van der Waals surface area contributed by atoms with Crippen LogP contribution in [-0.4, -0.2) is 5.91 Å². The highest BCUT2D eigenvalue weighted by molar-refractivity contribution is 6.33. The predicted molar refractivity (Wildman–Crippen MR) is 79.8 cm³/mol. The lowest BCUT2D eigenvalue weighted by atomic mass is 10.1. The summed E-state index contributed by atoms with van der Waals surface area (Å²) < 4.78 is 0. The second kappa shape index (κ2) is 6.42. The van der Waals surface area contributed by atoms with E-state index < -0.39 is 11.3 Å². The van der Waals surface area contributed by atoms with Crippen LogP contribution < -0.4 is 5.32 Å². The first-order chi connectivity index (χ1) is 9.61. The SMILES string of the molecule is N#Cc1ccc(Cl)cc1NC(=O)C(Cl)c1ccccc1. The first-order valence-electron chi connectivity index (χ1n) is 5.81. The fourth-order valence-corrected chi connectivity index (χ4v) is 2.06. The Bertz CT molecular complexity index is 665. The van der Waals surface area contributed by atoms with E-state index in [1.54, 1.807) is 36.4 Å². The third kappa shape index (κ3) is 3.30. The Labute approximate surface area is 126 Å². The highest BCUT2D eigenvalue weighted by Crippen LogP contribution is 2.25. The molecule has 5 heteroatoms. The minimum atomic E-state index is -0.832. The molecule has 20 heavy (non-hydrogen) atoms. The number of nitrogens with one attached hydrogen (secondary N) is 1. The summed E-state index contributed by atoms with van der Waals surface area (Å²) in [4.78, 5) is 12.1. The van der Waals surface area contributed by atoms with Gasteiger partial charge in [0.15, 0.2) is 0 Å². The largest absolute Gasteiger partial charge is 0.323 e. The van der Waals surface area contributed by atoms with Crippen molar-refractivity contribution in [3.63, 3.8) is 0 Å². The van der Waals surface area contributed by atoms with Crippen LogP contribution in [0.15, 0.2) is 48.5 Å². The van der Waals surface area contributed by atoms with Crippen LogP contribution in [0.4, 0.5) is 5.69 Å². The summed E-state index contributed by atoms with van der Waals surface area (Å²) in [6, 6.07) is 15.6. The number of halogens is 2. The van der Waals surface area contributed by atoms with Gasteiger partial charge in [0.2, 0.25) is 5.91 Å². The number of anilines is 1. The number of carbonyl (C=O) groups is 1. The number of rotatable bonds is 3. The Morgan fingerprint density at radius 3 is 2.55 bits per heavy atom. The van der Waals surface area contributed by atoms with Gasteiger partial charge in [-0.3, -0.25) is 4.79 Å². The number of alkyl halides is 1. The van der Waals surface area contributed by atoms with Crippen LogP contribution >= 0.6 is 23.2 Å². The van der Waals surface area contributed by atoms with Crippen molar-refractivity contribution >= 4 is 34.8 Å². The molecule has 0 heterocycles. The molecule has 0 aliphatic carbocycles. The number of hydrogen-bond acceptors (Lipinski definition) is 2. The minimum absolute atomic E-state index is 0.333. The molecular weight excluding hydrogens is 295 g/mol. The number of carbonyl (C=O) groups excluding carboxylic acids is 1. The van der Waals surface area contributed by atoms with Gasteiger partial charge in [-0.1, -0.05) is 41.9 Å². The molecule has 1 amide bonds. The maximum Gasteiger partial charge on any atom is 0.247 e. The maximum atomic E-state index is 12.1. The third-order valence-electron chi connectivity index (χ3n) is 2.68. The number of hydrogen-bond donors (Lipinski definition) is 1. The van der Waals surface area contributed by atoms with E-state index in [4.69, 9.17) is 28.5 Å². The van der Waals surface area contributed by atoms with Gasteiger partial charge in [-0.05, 0) is 23.8 Å². The average Bonchev–Trinajstić information content (AvgIpc) is 2.47. The molecule has 2 aromatic rings. The molecule has 0 aromatic heterocycles. The van der Waals surface area contributed by atoms with Crippen molar-refractivity contribution in [2.24, 2.45) is 0 Å². The number of amides is 1. The van der Waals surface area contributed by atoms with E-state index in [9.17, 15) is 4.79 Å². The van der Waals surface area contributed by atoms with Crippen LogP contribution in [0, 0.1) is 11.3 Å². The highest BCUT2D eigenvalue weighted by Gasteiger charge is 2.18. The van der Waals surface area contributed by atoms with Crippen LogP contribution in [0.2, 0.25) is 5.02 Å². The van der Waals surface area contributed by atoms with Crippen molar-refractivity contribution in [1.29, 1.82) is 5.26 Å². The summed E-state index contributed by atoms with van der Waals surface area (Å²) in [7, 11) is 0. The standard InChI is InChI=1S/C15H10Cl2N2O/c16-12-7-6-11(9-18)13(8-12)19-15(20)14(17)10-4-2-1-3-5-10/h1-8,14H,(H,19,20). The summed E-state index contributed by atoms with van der Waals surface area (Å²) >= 11 is 12.0. The monoisotopic (exact) mass is 304 g/mol. The lowest BCUT2D eigenvalue weighted by Gasteiger charge is -2.12. The molecule has 0 bridgehead atoms. The summed E-state index contributed by atoms with van der Waals surface area (Å²) in [6.07, 6.45) is 0. The van der Waals surface area contributed by atoms with Gasteiger partial charge in [0.25, 0.3) is 0 Å². The van der Waals surface area contributed by atoms with Gasteiger partial charge >= 0.3 is 0 Å². The summed E-state index contributed by atoms with van der Waals surface area (Å²) in [5.41, 5.74) is 1.37. The number of benzene rings is 2. The zero-order valence-corrected chi connectivity index (χ0v) is 11.8. The lowest BCUT2D eigenvalue weighted by Crippen LogP contribution is -2.18. The molecule has 1 atom stereocenters. The molecule has 0 aliphatic rings. The molecule has 0 aliphatic heterocycles. The molecule has 0 saturated carbocycles. The minimum Gasteiger partial charge on any atom is -0.323 e. The second-order valence-electron chi connectivity index (χ2n) is 4.06. The molecular formula is C15H10Cl2N2O. The van der Waals surface area contributed by atoms with Crippen LogP contribution in [0.5, 0.6) is 0 Å². The van der Waals surface area contributed by atoms with Gasteiger partial charge in [-0.15, -0.1) is 11.6 Å². The molecule has 1 unspecified atom stereocenters. The molecule has 0 saturated heterocycles. The number of nitriles is 1. The van der Waals surface area contributed by atoms with Gasteiger partial charge < -0.3 is 5.32 Å². The Balaban J connectivity index is 2.20. The zero-order chi connectivity index (χ0) is 14.5. The Morgan fingerprint density at radius 1 is 1.20 bits per heavy atom. The molecule has 0 spiro atoms. The van der Waals surface area contributed by atoms with Crippen molar-refractivity contribution in [3.8, 4) is 6.07 Å². The van der Waals surface area contributed by atoms with Crippen LogP contribution in [0.25, 0.3) is 0 Å². The topological polar surface area (TPSA) is 52.9 Å². The molecule has 2 aromatic carbocycles. The van der Waals surface area contributed by atoms with E-state index in [-0.39, 0.29) is 0 Å². The van der Waals surface area contributed by atoms with E-state index >= 15 is 0 Å². The quantitative estimate of drug-likeness (QED) is 0.867. The summed E-state index contributed by atoms with van der Waals surface area (Å²) in [5, 5.41) is 11.2. The van der Waals surface area contributed by atoms with Gasteiger partial charge in [-0.2, -0.15) is 5.26 Å². The number of nitrogens with zero attached hydrogens (tertiary/aromatic N) is 1. The smallest absolute Gasteiger partial charge is 0.247 e. The Morgan fingerprint density at radius 2 is 1.90 bits per heavy atom. The summed E-state index contributed by atoms with van der Waals surface area (Å²) in [5.74, 6) is -0.406. The van der Waals surface area contributed by atoms with Crippen molar-refractivity contribution in [1.82, 2.24) is 0 Å². The van der Waals surface area contributed by atoms with Gasteiger partial charge in [0, 0.05) is 5.02 Å². The van der Waals surface area contributed by atoms with Crippen molar-refractivity contribution < 1.29 is 4.79 Å². The average molecular weight is 305 g/mol. The molecule has 100 valence electrons. The van der Waals surface area contributed by atoms with Crippen LogP contribution in [-0.2, 0) is 4.79 Å². The zero-order valence-electron chi connectivity index (χ0n) is 10.3. The molecule has 0 fully saturated rings. The molecule has 2 rings (SSSR count). The van der Waals surface area contributed by atoms with Crippen molar-refractivity contribution in [3.05, 3.63) is 64.7 Å². The summed E-state index contributed by atoms with van der Waals surface area (Å²) in [6.45, 7) is 0. The predicted octanol–water partition coefficient (Wildman–Crippen LogP) is 4.13. The van der Waals surface area contributed by atoms with Crippen molar-refractivity contribution in [2.45, 2.75) is 5.38 Å². The first kappa shape index (κ1) is 14.4. The first-order valence-corrected chi connectivity index (χ1v) is 6.63. The lowest BCUT2D eigenvalue weighted by molar-refractivity contribution is -0.116. The van der Waals surface area contributed by atoms with Crippen LogP contribution in [0.3, 0.4) is 0 Å². The fourth-order valence-electron chi connectivity index (χ4n) is 1.69. The van der Waals surface area contributed by atoms with E-state index in [1.165, 1.54) is 6.07 Å². The van der Waals surface area contributed by atoms with E-state index in [2.05, 4.69) is 5.32 Å². The maximum absolute atomic E-state index is 12.1. The van der Waals surface area contributed by atoms with Crippen molar-refractivity contribution in [2.75, 3.05) is 5.32 Å². The fraction of sp³-hybridized carbons (Fsp3) is 0.0667. The van der Waals surface area contributed by atoms with Gasteiger partial charge in [0.05, 0.1) is 11.3 Å². The van der Waals surface area contributed by atoms with Gasteiger partial charge in [-0.25, -0.2) is 0 Å². The van der Waals surface area contributed by atoms with E-state index in [1.807, 2.05) is 12.1 Å². The second-order valence-corrected chi connectivity index (χ2v) is 4.94. The third-order valence-corrected chi connectivity index (χ3v) is 3.37.